The molecule has 0 spiro atoms. The van der Waals surface area contributed by atoms with Crippen molar-refractivity contribution in [1.82, 2.24) is 4.90 Å². The molecule has 1 heterocycles. The summed E-state index contributed by atoms with van der Waals surface area (Å²) in [6.45, 7) is 1.42. The van der Waals surface area contributed by atoms with E-state index < -0.39 is 12.1 Å². The van der Waals surface area contributed by atoms with E-state index in [4.69, 9.17) is 28.9 Å². The van der Waals surface area contributed by atoms with Crippen LogP contribution in [0.3, 0.4) is 0 Å². The summed E-state index contributed by atoms with van der Waals surface area (Å²) in [4.78, 5) is 13.8. The number of hydrogen-bond acceptors (Lipinski definition) is 3. The number of carbonyl (C=O) groups is 1. The fraction of sp³-hybridized carbons (Fsp3) is 0.462. The van der Waals surface area contributed by atoms with Gasteiger partial charge in [-0.15, -0.1) is 12.4 Å². The van der Waals surface area contributed by atoms with Crippen LogP contribution in [0.1, 0.15) is 24.5 Å². The van der Waals surface area contributed by atoms with Crippen molar-refractivity contribution in [1.29, 1.82) is 0 Å². The fourth-order valence-corrected chi connectivity index (χ4v) is 2.49. The average molecular weight is 340 g/mol. The van der Waals surface area contributed by atoms with Gasteiger partial charge in [0.2, 0.25) is 5.91 Å². The molecule has 0 aromatic heterocycles. The molecule has 1 amide bonds. The fourth-order valence-electron chi connectivity index (χ4n) is 2.19. The van der Waals surface area contributed by atoms with Crippen LogP contribution in [-0.2, 0) is 4.79 Å². The number of benzene rings is 1. The molecule has 3 N–H and O–H groups in total. The van der Waals surface area contributed by atoms with Gasteiger partial charge in [-0.1, -0.05) is 29.3 Å². The Kier molecular flexibility index (Phi) is 6.55. The molecule has 4 nitrogen and oxygen atoms in total. The smallest absolute Gasteiger partial charge is 0.242 e. The van der Waals surface area contributed by atoms with Gasteiger partial charge in [-0.05, 0) is 30.5 Å². The summed E-state index contributed by atoms with van der Waals surface area (Å²) in [6, 6.07) is 3.76. The number of nitrogens with two attached hydrogens (primary N) is 1. The zero-order valence-electron chi connectivity index (χ0n) is 10.8. The molecule has 1 aromatic carbocycles. The zero-order chi connectivity index (χ0) is 14.0. The molecule has 0 radical (unpaired) electrons. The van der Waals surface area contributed by atoms with Crippen molar-refractivity contribution in [2.45, 2.75) is 25.0 Å². The van der Waals surface area contributed by atoms with E-state index in [1.54, 1.807) is 17.0 Å². The Balaban J connectivity index is 0.00000200. The Hall–Kier alpha value is -0.520. The maximum Gasteiger partial charge on any atom is 0.242 e. The van der Waals surface area contributed by atoms with Gasteiger partial charge >= 0.3 is 0 Å². The molecule has 20 heavy (non-hydrogen) atoms. The predicted octanol–water partition coefficient (Wildman–Crippen LogP) is 2.40. The average Bonchev–Trinajstić information content (AvgIpc) is 2.93. The molecule has 0 saturated carbocycles. The second-order valence-corrected chi connectivity index (χ2v) is 5.49. The van der Waals surface area contributed by atoms with Crippen LogP contribution in [0.25, 0.3) is 0 Å². The lowest BCUT2D eigenvalue weighted by molar-refractivity contribution is -0.134. The second kappa shape index (κ2) is 7.48. The lowest BCUT2D eigenvalue weighted by Gasteiger charge is -2.24. The minimum Gasteiger partial charge on any atom is -0.386 e. The van der Waals surface area contributed by atoms with Crippen molar-refractivity contribution < 1.29 is 9.90 Å². The summed E-state index contributed by atoms with van der Waals surface area (Å²) in [7, 11) is 0. The van der Waals surface area contributed by atoms with Gasteiger partial charge in [0.1, 0.15) is 12.1 Å². The van der Waals surface area contributed by atoms with Crippen LogP contribution in [0.2, 0.25) is 10.0 Å². The molecular formula is C13H17Cl3N2O2. The number of rotatable bonds is 3. The first-order valence-corrected chi connectivity index (χ1v) is 6.93. The highest BCUT2D eigenvalue weighted by Crippen LogP contribution is 2.27. The van der Waals surface area contributed by atoms with Crippen molar-refractivity contribution in [2.75, 3.05) is 13.1 Å². The van der Waals surface area contributed by atoms with Crippen molar-refractivity contribution >= 4 is 41.5 Å². The minimum absolute atomic E-state index is 0. The summed E-state index contributed by atoms with van der Waals surface area (Å²) < 4.78 is 0. The number of carbonyl (C=O) groups excluding carboxylic acids is 1. The molecule has 1 fully saturated rings. The lowest BCUT2D eigenvalue weighted by atomic mass is 10.0. The summed E-state index contributed by atoms with van der Waals surface area (Å²) in [5, 5.41) is 10.9. The van der Waals surface area contributed by atoms with Gasteiger partial charge in [0.25, 0.3) is 0 Å². The van der Waals surface area contributed by atoms with Crippen molar-refractivity contribution in [3.63, 3.8) is 0 Å². The van der Waals surface area contributed by atoms with Crippen molar-refractivity contribution in [3.8, 4) is 0 Å². The third-order valence-corrected chi connectivity index (χ3v) is 4.07. The highest BCUT2D eigenvalue weighted by atomic mass is 35.5. The Labute approximate surface area is 134 Å². The Morgan fingerprint density at radius 1 is 1.25 bits per heavy atom. The van der Waals surface area contributed by atoms with E-state index >= 15 is 0 Å². The maximum atomic E-state index is 12.1. The molecule has 0 aliphatic carbocycles. The van der Waals surface area contributed by atoms with E-state index in [-0.39, 0.29) is 18.3 Å². The summed E-state index contributed by atoms with van der Waals surface area (Å²) in [6.07, 6.45) is 0.894. The Morgan fingerprint density at radius 3 is 2.40 bits per heavy atom. The molecule has 7 heteroatoms. The van der Waals surface area contributed by atoms with E-state index in [1.807, 2.05) is 0 Å². The predicted molar refractivity (Wildman–Crippen MR) is 82.5 cm³/mol. The first kappa shape index (κ1) is 17.5. The topological polar surface area (TPSA) is 66.6 Å². The van der Waals surface area contributed by atoms with Crippen LogP contribution in [0.15, 0.2) is 18.2 Å². The number of aliphatic hydroxyl groups is 1. The van der Waals surface area contributed by atoms with Crippen LogP contribution >= 0.6 is 35.6 Å². The maximum absolute atomic E-state index is 12.1. The van der Waals surface area contributed by atoms with Gasteiger partial charge in [0, 0.05) is 13.1 Å². The first-order chi connectivity index (χ1) is 9.00. The molecule has 1 aliphatic rings. The quantitative estimate of drug-likeness (QED) is 0.888. The zero-order valence-corrected chi connectivity index (χ0v) is 13.1. The van der Waals surface area contributed by atoms with Crippen molar-refractivity contribution in [3.05, 3.63) is 33.8 Å². The monoisotopic (exact) mass is 338 g/mol. The SMILES string of the molecule is Cl.N[C@@H](C(=O)N1CCCC1)[C@@H](O)c1ccc(Cl)c(Cl)c1. The van der Waals surface area contributed by atoms with E-state index in [9.17, 15) is 9.90 Å². The Bertz CT molecular complexity index is 479. The van der Waals surface area contributed by atoms with Crippen LogP contribution < -0.4 is 5.73 Å². The highest BCUT2D eigenvalue weighted by molar-refractivity contribution is 6.42. The largest absolute Gasteiger partial charge is 0.386 e. The summed E-state index contributed by atoms with van der Waals surface area (Å²) >= 11 is 11.7. The molecule has 1 aromatic rings. The number of amides is 1. The van der Waals surface area contributed by atoms with Gasteiger partial charge in [0.05, 0.1) is 10.0 Å². The second-order valence-electron chi connectivity index (χ2n) is 4.68. The molecule has 2 rings (SSSR count). The highest BCUT2D eigenvalue weighted by Gasteiger charge is 2.29. The summed E-state index contributed by atoms with van der Waals surface area (Å²) in [5.74, 6) is -0.226. The van der Waals surface area contributed by atoms with Gasteiger partial charge in [0.15, 0.2) is 0 Å². The van der Waals surface area contributed by atoms with Crippen LogP contribution in [0, 0.1) is 0 Å². The van der Waals surface area contributed by atoms with Crippen molar-refractivity contribution in [2.24, 2.45) is 5.73 Å². The van der Waals surface area contributed by atoms with E-state index in [0.717, 1.165) is 12.8 Å². The molecular weight excluding hydrogens is 323 g/mol. The van der Waals surface area contributed by atoms with E-state index in [0.29, 0.717) is 28.7 Å². The number of likely N-dealkylation sites (tertiary alicyclic amines) is 1. The molecule has 1 aliphatic heterocycles. The van der Waals surface area contributed by atoms with Crippen LogP contribution in [0.4, 0.5) is 0 Å². The van der Waals surface area contributed by atoms with Crippen LogP contribution in [0.5, 0.6) is 0 Å². The van der Waals surface area contributed by atoms with E-state index in [2.05, 4.69) is 0 Å². The molecule has 2 atom stereocenters. The van der Waals surface area contributed by atoms with Gasteiger partial charge in [-0.3, -0.25) is 4.79 Å². The number of halogens is 3. The van der Waals surface area contributed by atoms with Gasteiger partial charge < -0.3 is 15.7 Å². The molecule has 1 saturated heterocycles. The van der Waals surface area contributed by atoms with E-state index in [1.165, 1.54) is 6.07 Å². The Morgan fingerprint density at radius 2 is 1.85 bits per heavy atom. The normalized spacial score (nSPS) is 17.5. The molecule has 112 valence electrons. The lowest BCUT2D eigenvalue weighted by Crippen LogP contribution is -2.45. The minimum atomic E-state index is -1.08. The number of aliphatic hydroxyl groups excluding tert-OH is 1. The number of hydrogen-bond donors (Lipinski definition) is 2. The third-order valence-electron chi connectivity index (χ3n) is 3.33. The number of nitrogens with zero attached hydrogens (tertiary/aromatic N) is 1. The molecule has 0 unspecified atom stereocenters. The first-order valence-electron chi connectivity index (χ1n) is 6.18. The van der Waals surface area contributed by atoms with Crippen LogP contribution in [-0.4, -0.2) is 35.0 Å². The standard InChI is InChI=1S/C13H16Cl2N2O2.ClH/c14-9-4-3-8(7-10(9)15)12(18)11(16)13(19)17-5-1-2-6-17;/h3-4,7,11-12,18H,1-2,5-6,16H2;1H/t11-,12+;/m1./s1. The molecule has 0 bridgehead atoms. The van der Waals surface area contributed by atoms with Gasteiger partial charge in [-0.25, -0.2) is 0 Å². The van der Waals surface area contributed by atoms with Gasteiger partial charge in [-0.2, -0.15) is 0 Å². The third kappa shape index (κ3) is 3.77. The summed E-state index contributed by atoms with van der Waals surface area (Å²) in [5.41, 5.74) is 6.34.